The molecule has 0 spiro atoms. The first-order valence-corrected chi connectivity index (χ1v) is 5.47. The van der Waals surface area contributed by atoms with Crippen molar-refractivity contribution in [2.45, 2.75) is 51.0 Å². The van der Waals surface area contributed by atoms with Gasteiger partial charge < -0.3 is 0 Å². The maximum atomic E-state index is 11.1. The fourth-order valence-corrected chi connectivity index (χ4v) is 2.75. The molecule has 0 amide bonds. The Labute approximate surface area is 80.3 Å². The van der Waals surface area contributed by atoms with Crippen molar-refractivity contribution in [3.63, 3.8) is 0 Å². The number of piperidine rings is 1. The van der Waals surface area contributed by atoms with E-state index in [4.69, 9.17) is 0 Å². The summed E-state index contributed by atoms with van der Waals surface area (Å²) < 4.78 is 0. The first-order chi connectivity index (χ1) is 6.21. The molecule has 0 radical (unpaired) electrons. The minimum absolute atomic E-state index is 0.431. The van der Waals surface area contributed by atoms with Gasteiger partial charge in [0.05, 0.1) is 0 Å². The lowest BCUT2D eigenvalue weighted by atomic mass is 9.94. The molecule has 0 N–H and O–H groups in total. The fraction of sp³-hybridized carbons (Fsp3) is 0.909. The Bertz CT molecular complexity index is 196. The van der Waals surface area contributed by atoms with Crippen LogP contribution in [-0.2, 0) is 4.79 Å². The van der Waals surface area contributed by atoms with Gasteiger partial charge in [0.2, 0.25) is 0 Å². The van der Waals surface area contributed by atoms with E-state index in [1.54, 1.807) is 0 Å². The second-order valence-electron chi connectivity index (χ2n) is 4.73. The first-order valence-electron chi connectivity index (χ1n) is 5.47. The van der Waals surface area contributed by atoms with Crippen LogP contribution in [0.15, 0.2) is 0 Å². The highest BCUT2D eigenvalue weighted by Crippen LogP contribution is 2.35. The van der Waals surface area contributed by atoms with E-state index >= 15 is 0 Å². The molecule has 0 aromatic rings. The van der Waals surface area contributed by atoms with Crippen LogP contribution < -0.4 is 0 Å². The number of rotatable bonds is 1. The summed E-state index contributed by atoms with van der Waals surface area (Å²) in [5, 5.41) is 0. The number of likely N-dealkylation sites (tertiary alicyclic amines) is 1. The zero-order chi connectivity index (χ0) is 9.31. The molecule has 2 aliphatic rings. The van der Waals surface area contributed by atoms with Gasteiger partial charge in [-0.2, -0.15) is 0 Å². The third-order valence-corrected chi connectivity index (χ3v) is 3.77. The number of nitrogens with zero attached hydrogens (tertiary/aromatic N) is 1. The topological polar surface area (TPSA) is 20.3 Å². The Morgan fingerprint density at radius 3 is 2.23 bits per heavy atom. The van der Waals surface area contributed by atoms with Crippen LogP contribution in [-0.4, -0.2) is 29.3 Å². The summed E-state index contributed by atoms with van der Waals surface area (Å²) in [5.41, 5.74) is 0.431. The molecule has 13 heavy (non-hydrogen) atoms. The van der Waals surface area contributed by atoms with E-state index in [0.717, 1.165) is 25.9 Å². The van der Waals surface area contributed by atoms with E-state index < -0.39 is 0 Å². The molecular weight excluding hydrogens is 162 g/mol. The van der Waals surface area contributed by atoms with Gasteiger partial charge in [-0.3, -0.25) is 9.69 Å². The zero-order valence-corrected chi connectivity index (χ0v) is 8.51. The van der Waals surface area contributed by atoms with Crippen LogP contribution in [0.1, 0.15) is 45.4 Å². The minimum Gasteiger partial charge on any atom is -0.300 e. The maximum Gasteiger partial charge on any atom is 0.135 e. The van der Waals surface area contributed by atoms with Crippen LogP contribution >= 0.6 is 0 Å². The molecule has 0 unspecified atom stereocenters. The third-order valence-electron chi connectivity index (χ3n) is 3.77. The van der Waals surface area contributed by atoms with Gasteiger partial charge in [0.1, 0.15) is 5.78 Å². The van der Waals surface area contributed by atoms with Crippen molar-refractivity contribution in [2.75, 3.05) is 13.1 Å². The highest BCUT2D eigenvalue weighted by atomic mass is 16.1. The second kappa shape index (κ2) is 3.41. The predicted molar refractivity (Wildman–Crippen MR) is 52.7 cm³/mol. The van der Waals surface area contributed by atoms with Gasteiger partial charge in [0, 0.05) is 31.5 Å². The Morgan fingerprint density at radius 1 is 1.15 bits per heavy atom. The highest BCUT2D eigenvalue weighted by Gasteiger charge is 2.36. The Hall–Kier alpha value is -0.370. The first kappa shape index (κ1) is 9.20. The number of hydrogen-bond donors (Lipinski definition) is 0. The lowest BCUT2D eigenvalue weighted by Gasteiger charge is -2.40. The standard InChI is InChI=1S/C11H19NO/c1-11(6-2-3-7-11)12-8-4-10(13)5-9-12/h2-9H2,1H3. The number of carbonyl (C=O) groups is 1. The maximum absolute atomic E-state index is 11.1. The van der Waals surface area contributed by atoms with Gasteiger partial charge in [-0.1, -0.05) is 12.8 Å². The van der Waals surface area contributed by atoms with Gasteiger partial charge in [-0.15, -0.1) is 0 Å². The number of carbonyl (C=O) groups excluding carboxylic acids is 1. The van der Waals surface area contributed by atoms with E-state index in [-0.39, 0.29) is 0 Å². The van der Waals surface area contributed by atoms with Crippen LogP contribution in [0.25, 0.3) is 0 Å². The van der Waals surface area contributed by atoms with Crippen molar-refractivity contribution < 1.29 is 4.79 Å². The average molecular weight is 181 g/mol. The molecule has 2 rings (SSSR count). The monoisotopic (exact) mass is 181 g/mol. The molecular formula is C11H19NO. The van der Waals surface area contributed by atoms with Crippen LogP contribution in [0, 0.1) is 0 Å². The summed E-state index contributed by atoms with van der Waals surface area (Å²) in [5.74, 6) is 0.456. The van der Waals surface area contributed by atoms with Gasteiger partial charge in [0.25, 0.3) is 0 Å². The second-order valence-corrected chi connectivity index (χ2v) is 4.73. The van der Waals surface area contributed by atoms with Crippen LogP contribution in [0.3, 0.4) is 0 Å². The van der Waals surface area contributed by atoms with Gasteiger partial charge in [-0.05, 0) is 19.8 Å². The molecule has 1 aliphatic carbocycles. The van der Waals surface area contributed by atoms with Gasteiger partial charge in [0.15, 0.2) is 0 Å². The molecule has 0 aromatic heterocycles. The zero-order valence-electron chi connectivity index (χ0n) is 8.51. The lowest BCUT2D eigenvalue weighted by Crippen LogP contribution is -2.48. The van der Waals surface area contributed by atoms with Gasteiger partial charge in [-0.25, -0.2) is 0 Å². The van der Waals surface area contributed by atoms with Crippen LogP contribution in [0.2, 0.25) is 0 Å². The van der Waals surface area contributed by atoms with E-state index in [2.05, 4.69) is 11.8 Å². The van der Waals surface area contributed by atoms with Crippen molar-refractivity contribution in [3.05, 3.63) is 0 Å². The Kier molecular flexibility index (Phi) is 2.41. The number of hydrogen-bond acceptors (Lipinski definition) is 2. The largest absolute Gasteiger partial charge is 0.300 e. The molecule has 0 bridgehead atoms. The quantitative estimate of drug-likeness (QED) is 0.616. The van der Waals surface area contributed by atoms with Crippen molar-refractivity contribution >= 4 is 5.78 Å². The highest BCUT2D eigenvalue weighted by molar-refractivity contribution is 5.79. The molecule has 1 saturated heterocycles. The van der Waals surface area contributed by atoms with Crippen molar-refractivity contribution in [1.29, 1.82) is 0 Å². The summed E-state index contributed by atoms with van der Waals surface area (Å²) in [6.45, 7) is 4.39. The summed E-state index contributed by atoms with van der Waals surface area (Å²) >= 11 is 0. The predicted octanol–water partition coefficient (Wildman–Crippen LogP) is 1.98. The summed E-state index contributed by atoms with van der Waals surface area (Å²) in [4.78, 5) is 13.6. The van der Waals surface area contributed by atoms with Gasteiger partial charge >= 0.3 is 0 Å². The normalized spacial score (nSPS) is 29.5. The fourth-order valence-electron chi connectivity index (χ4n) is 2.75. The number of ketones is 1. The number of Topliss-reactive ketones (excluding diaryl/α,β-unsaturated/α-hetero) is 1. The average Bonchev–Trinajstić information content (AvgIpc) is 2.54. The summed E-state index contributed by atoms with van der Waals surface area (Å²) in [6.07, 6.45) is 7.00. The molecule has 74 valence electrons. The van der Waals surface area contributed by atoms with Crippen molar-refractivity contribution in [2.24, 2.45) is 0 Å². The Morgan fingerprint density at radius 2 is 1.69 bits per heavy atom. The van der Waals surface area contributed by atoms with Crippen LogP contribution in [0.5, 0.6) is 0 Å². The Balaban J connectivity index is 1.96. The van der Waals surface area contributed by atoms with E-state index in [1.807, 2.05) is 0 Å². The molecule has 2 fully saturated rings. The van der Waals surface area contributed by atoms with E-state index in [0.29, 0.717) is 11.3 Å². The molecule has 1 saturated carbocycles. The lowest BCUT2D eigenvalue weighted by molar-refractivity contribution is -0.122. The smallest absolute Gasteiger partial charge is 0.135 e. The summed E-state index contributed by atoms with van der Waals surface area (Å²) in [6, 6.07) is 0. The van der Waals surface area contributed by atoms with Crippen LogP contribution in [0.4, 0.5) is 0 Å². The minimum atomic E-state index is 0.431. The van der Waals surface area contributed by atoms with E-state index in [9.17, 15) is 4.79 Å². The molecule has 0 atom stereocenters. The molecule has 2 nitrogen and oxygen atoms in total. The summed E-state index contributed by atoms with van der Waals surface area (Å²) in [7, 11) is 0. The van der Waals surface area contributed by atoms with E-state index in [1.165, 1.54) is 25.7 Å². The molecule has 2 heteroatoms. The SMILES string of the molecule is CC1(N2CCC(=O)CC2)CCCC1. The van der Waals surface area contributed by atoms with Crippen molar-refractivity contribution in [3.8, 4) is 0 Å². The molecule has 0 aromatic carbocycles. The third kappa shape index (κ3) is 1.78. The molecule has 1 aliphatic heterocycles. The van der Waals surface area contributed by atoms with Crippen molar-refractivity contribution in [1.82, 2.24) is 4.90 Å². The molecule has 1 heterocycles.